The molecule has 194 valence electrons. The number of carbonyl (C=O) groups is 2. The van der Waals surface area contributed by atoms with Crippen LogP contribution in [0.25, 0.3) is 5.76 Å². The second-order valence-corrected chi connectivity index (χ2v) is 9.28. The molecule has 37 heavy (non-hydrogen) atoms. The lowest BCUT2D eigenvalue weighted by Gasteiger charge is -2.24. The summed E-state index contributed by atoms with van der Waals surface area (Å²) < 4.78 is 17.0. The van der Waals surface area contributed by atoms with Crippen molar-refractivity contribution in [3.8, 4) is 17.2 Å². The van der Waals surface area contributed by atoms with Crippen LogP contribution in [0.2, 0.25) is 0 Å². The van der Waals surface area contributed by atoms with Gasteiger partial charge in [-0.2, -0.15) is 0 Å². The summed E-state index contributed by atoms with van der Waals surface area (Å²) in [5.74, 6) is -0.263. The number of aliphatic hydroxyl groups is 1. The Morgan fingerprint density at radius 2 is 1.92 bits per heavy atom. The van der Waals surface area contributed by atoms with E-state index >= 15 is 0 Å². The number of hydrogen-bond donors (Lipinski definition) is 1. The standard InChI is InChI=1S/C28H30N2O6S/c1-4-6-7-14-36-21-12-11-18(17-22(21)34-3)24-23(25(31)19-9-8-10-20(16-19)35-5-2)26(32)27(33)30(24)28-29-13-15-37-28/h8-13,15-17,24,31H,4-7,14H2,1-3H3/b25-23+. The van der Waals surface area contributed by atoms with Crippen LogP contribution in [0, 0.1) is 0 Å². The first kappa shape index (κ1) is 26.2. The first-order valence-electron chi connectivity index (χ1n) is 12.2. The summed E-state index contributed by atoms with van der Waals surface area (Å²) in [4.78, 5) is 32.2. The molecular formula is C28H30N2O6S. The SMILES string of the molecule is CCCCCOc1ccc(C2/C(=C(\O)c3cccc(OCC)c3)C(=O)C(=O)N2c2nccs2)cc1OC. The fraction of sp³-hybridized carbons (Fsp3) is 0.321. The van der Waals surface area contributed by atoms with Crippen LogP contribution in [0.5, 0.6) is 17.2 Å². The molecule has 1 aliphatic rings. The summed E-state index contributed by atoms with van der Waals surface area (Å²) in [6, 6.07) is 11.1. The second-order valence-electron chi connectivity index (χ2n) is 8.41. The summed E-state index contributed by atoms with van der Waals surface area (Å²) in [7, 11) is 1.54. The molecule has 1 N–H and O–H groups in total. The van der Waals surface area contributed by atoms with Crippen LogP contribution in [0.15, 0.2) is 59.6 Å². The van der Waals surface area contributed by atoms with E-state index in [0.29, 0.717) is 46.7 Å². The predicted molar refractivity (Wildman–Crippen MR) is 143 cm³/mol. The molecule has 0 bridgehead atoms. The van der Waals surface area contributed by atoms with Crippen molar-refractivity contribution in [3.05, 3.63) is 70.7 Å². The van der Waals surface area contributed by atoms with Gasteiger partial charge in [-0.15, -0.1) is 11.3 Å². The first-order chi connectivity index (χ1) is 18.0. The Labute approximate surface area is 220 Å². The minimum absolute atomic E-state index is 0.0347. The number of benzene rings is 2. The Kier molecular flexibility index (Phi) is 8.45. The number of hydrogen-bond acceptors (Lipinski definition) is 8. The number of ketones is 1. The van der Waals surface area contributed by atoms with Crippen LogP contribution in [0.3, 0.4) is 0 Å². The lowest BCUT2D eigenvalue weighted by atomic mass is 9.95. The number of nitrogens with zero attached hydrogens (tertiary/aromatic N) is 2. The molecule has 2 heterocycles. The molecule has 4 rings (SSSR count). The number of aliphatic hydroxyl groups excluding tert-OH is 1. The lowest BCUT2D eigenvalue weighted by molar-refractivity contribution is -0.132. The molecule has 1 amide bonds. The van der Waals surface area contributed by atoms with Crippen LogP contribution in [0.4, 0.5) is 5.13 Å². The lowest BCUT2D eigenvalue weighted by Crippen LogP contribution is -2.29. The highest BCUT2D eigenvalue weighted by atomic mass is 32.1. The van der Waals surface area contributed by atoms with Crippen molar-refractivity contribution in [1.82, 2.24) is 4.98 Å². The maximum absolute atomic E-state index is 13.3. The third kappa shape index (κ3) is 5.46. The van der Waals surface area contributed by atoms with E-state index in [1.54, 1.807) is 54.0 Å². The Morgan fingerprint density at radius 3 is 2.62 bits per heavy atom. The monoisotopic (exact) mass is 522 g/mol. The summed E-state index contributed by atoms with van der Waals surface area (Å²) in [5, 5.41) is 13.4. The van der Waals surface area contributed by atoms with Gasteiger partial charge in [-0.25, -0.2) is 4.98 Å². The molecule has 1 aliphatic heterocycles. The van der Waals surface area contributed by atoms with E-state index in [2.05, 4.69) is 11.9 Å². The zero-order valence-electron chi connectivity index (χ0n) is 21.1. The normalized spacial score (nSPS) is 16.7. The van der Waals surface area contributed by atoms with Gasteiger partial charge in [-0.1, -0.05) is 38.0 Å². The maximum Gasteiger partial charge on any atom is 0.301 e. The van der Waals surface area contributed by atoms with Crippen LogP contribution in [-0.2, 0) is 9.59 Å². The zero-order valence-corrected chi connectivity index (χ0v) is 21.9. The van der Waals surface area contributed by atoms with Crippen LogP contribution < -0.4 is 19.1 Å². The van der Waals surface area contributed by atoms with Gasteiger partial charge in [-0.05, 0) is 43.2 Å². The summed E-state index contributed by atoms with van der Waals surface area (Å²) in [5.41, 5.74) is 0.915. The molecule has 1 unspecified atom stereocenters. The number of methoxy groups -OCH3 is 1. The van der Waals surface area contributed by atoms with Crippen molar-refractivity contribution in [3.63, 3.8) is 0 Å². The quantitative estimate of drug-likeness (QED) is 0.148. The number of unbranched alkanes of at least 4 members (excludes halogenated alkanes) is 2. The Morgan fingerprint density at radius 1 is 1.08 bits per heavy atom. The molecule has 0 radical (unpaired) electrons. The molecule has 1 fully saturated rings. The van der Waals surface area contributed by atoms with E-state index in [1.165, 1.54) is 23.3 Å². The van der Waals surface area contributed by atoms with Gasteiger partial charge in [0.15, 0.2) is 16.6 Å². The van der Waals surface area contributed by atoms with Gasteiger partial charge in [0.1, 0.15) is 11.5 Å². The predicted octanol–water partition coefficient (Wildman–Crippen LogP) is 5.75. The number of thiazole rings is 1. The largest absolute Gasteiger partial charge is 0.507 e. The van der Waals surface area contributed by atoms with E-state index in [0.717, 1.165) is 19.3 Å². The molecule has 1 atom stereocenters. The van der Waals surface area contributed by atoms with Crippen molar-refractivity contribution in [1.29, 1.82) is 0 Å². The first-order valence-corrected chi connectivity index (χ1v) is 13.1. The van der Waals surface area contributed by atoms with Gasteiger partial charge in [-0.3, -0.25) is 14.5 Å². The number of carbonyl (C=O) groups excluding carboxylic acids is 2. The molecule has 2 aromatic carbocycles. The topological polar surface area (TPSA) is 98.2 Å². The second kappa shape index (κ2) is 11.9. The molecule has 1 saturated heterocycles. The molecule has 0 aliphatic carbocycles. The van der Waals surface area contributed by atoms with Crippen LogP contribution in [0.1, 0.15) is 50.3 Å². The van der Waals surface area contributed by atoms with E-state index in [-0.39, 0.29) is 11.3 Å². The molecule has 3 aromatic rings. The minimum atomic E-state index is -0.912. The van der Waals surface area contributed by atoms with Crippen molar-refractivity contribution in [2.24, 2.45) is 0 Å². The fourth-order valence-corrected chi connectivity index (χ4v) is 4.91. The number of Topliss-reactive ketones (excluding diaryl/α,β-unsaturated/α-hetero) is 1. The van der Waals surface area contributed by atoms with Gasteiger partial charge in [0, 0.05) is 17.1 Å². The Hall–Kier alpha value is -3.85. The average Bonchev–Trinajstić information content (AvgIpc) is 3.53. The van der Waals surface area contributed by atoms with Gasteiger partial charge in [0.25, 0.3) is 5.78 Å². The molecule has 8 nitrogen and oxygen atoms in total. The van der Waals surface area contributed by atoms with Crippen LogP contribution >= 0.6 is 11.3 Å². The number of ether oxygens (including phenoxy) is 3. The molecule has 0 saturated carbocycles. The third-order valence-electron chi connectivity index (χ3n) is 6.00. The fourth-order valence-electron chi connectivity index (χ4n) is 4.24. The van der Waals surface area contributed by atoms with E-state index < -0.39 is 17.7 Å². The Balaban J connectivity index is 1.82. The molecular weight excluding hydrogens is 492 g/mol. The van der Waals surface area contributed by atoms with E-state index in [1.807, 2.05) is 6.92 Å². The van der Waals surface area contributed by atoms with Gasteiger partial charge < -0.3 is 19.3 Å². The highest BCUT2D eigenvalue weighted by Gasteiger charge is 2.48. The van der Waals surface area contributed by atoms with Gasteiger partial charge >= 0.3 is 5.91 Å². The van der Waals surface area contributed by atoms with E-state index in [9.17, 15) is 14.7 Å². The number of anilines is 1. The number of rotatable bonds is 11. The van der Waals surface area contributed by atoms with Crippen LogP contribution in [-0.4, -0.2) is 42.1 Å². The number of aromatic nitrogens is 1. The third-order valence-corrected chi connectivity index (χ3v) is 6.77. The maximum atomic E-state index is 13.3. The van der Waals surface area contributed by atoms with Crippen molar-refractivity contribution >= 4 is 33.9 Å². The van der Waals surface area contributed by atoms with Gasteiger partial charge in [0.2, 0.25) is 0 Å². The Bertz CT molecular complexity index is 1290. The van der Waals surface area contributed by atoms with Crippen molar-refractivity contribution in [2.45, 2.75) is 39.2 Å². The highest BCUT2D eigenvalue weighted by Crippen LogP contribution is 2.44. The highest BCUT2D eigenvalue weighted by molar-refractivity contribution is 7.14. The van der Waals surface area contributed by atoms with Crippen molar-refractivity contribution < 1.29 is 28.9 Å². The molecule has 9 heteroatoms. The van der Waals surface area contributed by atoms with Crippen molar-refractivity contribution in [2.75, 3.05) is 25.2 Å². The summed E-state index contributed by atoms with van der Waals surface area (Å²) in [6.07, 6.45) is 4.64. The minimum Gasteiger partial charge on any atom is -0.507 e. The molecule has 1 aromatic heterocycles. The summed E-state index contributed by atoms with van der Waals surface area (Å²) in [6.45, 7) is 4.99. The molecule has 0 spiro atoms. The smallest absolute Gasteiger partial charge is 0.301 e. The zero-order chi connectivity index (χ0) is 26.4. The number of amides is 1. The van der Waals surface area contributed by atoms with Gasteiger partial charge in [0.05, 0.1) is 31.9 Å². The van der Waals surface area contributed by atoms with E-state index in [4.69, 9.17) is 14.2 Å². The average molecular weight is 523 g/mol. The summed E-state index contributed by atoms with van der Waals surface area (Å²) >= 11 is 1.23.